The van der Waals surface area contributed by atoms with Gasteiger partial charge >= 0.3 is 0 Å². The number of aromatic nitrogens is 2. The van der Waals surface area contributed by atoms with E-state index in [2.05, 4.69) is 43.7 Å². The molecule has 3 nitrogen and oxygen atoms in total. The van der Waals surface area contributed by atoms with E-state index in [-0.39, 0.29) is 5.41 Å². The Bertz CT molecular complexity index is 658. The van der Waals surface area contributed by atoms with Crippen molar-refractivity contribution in [2.75, 3.05) is 7.11 Å². The monoisotopic (exact) mass is 326 g/mol. The van der Waals surface area contributed by atoms with Crippen molar-refractivity contribution in [2.45, 2.75) is 64.8 Å². The molecule has 130 valence electrons. The molecule has 1 aliphatic rings. The summed E-state index contributed by atoms with van der Waals surface area (Å²) in [5.74, 6) is 2.88. The fourth-order valence-corrected chi connectivity index (χ4v) is 3.70. The van der Waals surface area contributed by atoms with Crippen LogP contribution in [0.1, 0.15) is 58.7 Å². The van der Waals surface area contributed by atoms with Crippen LogP contribution in [-0.2, 0) is 12.0 Å². The molecule has 24 heavy (non-hydrogen) atoms. The maximum absolute atomic E-state index is 5.26. The van der Waals surface area contributed by atoms with Gasteiger partial charge in [0.05, 0.1) is 12.8 Å². The predicted octanol–water partition coefficient (Wildman–Crippen LogP) is 5.44. The zero-order valence-corrected chi connectivity index (χ0v) is 15.5. The summed E-state index contributed by atoms with van der Waals surface area (Å²) in [6.07, 6.45) is 9.14. The second kappa shape index (κ2) is 7.00. The van der Waals surface area contributed by atoms with Crippen molar-refractivity contribution in [1.29, 1.82) is 0 Å². The summed E-state index contributed by atoms with van der Waals surface area (Å²) < 4.78 is 7.68. The van der Waals surface area contributed by atoms with Crippen LogP contribution in [0.5, 0.6) is 5.75 Å². The van der Waals surface area contributed by atoms with Gasteiger partial charge in [-0.1, -0.05) is 40.0 Å². The number of imidazole rings is 1. The molecule has 0 bridgehead atoms. The van der Waals surface area contributed by atoms with E-state index in [0.29, 0.717) is 0 Å². The summed E-state index contributed by atoms with van der Waals surface area (Å²) in [5.41, 5.74) is 2.28. The predicted molar refractivity (Wildman–Crippen MR) is 99.5 cm³/mol. The topological polar surface area (TPSA) is 27.1 Å². The molecule has 0 amide bonds. The first-order valence-electron chi connectivity index (χ1n) is 9.19. The SMILES string of the molecule is COc1ccc(-c2cn(CC3CCCCC3)c(C(C)(C)C)n2)cc1. The highest BCUT2D eigenvalue weighted by atomic mass is 16.5. The van der Waals surface area contributed by atoms with Crippen LogP contribution in [0.25, 0.3) is 11.3 Å². The maximum atomic E-state index is 5.26. The number of rotatable bonds is 4. The van der Waals surface area contributed by atoms with Gasteiger partial charge in [-0.05, 0) is 43.0 Å². The molecule has 1 fully saturated rings. The number of hydrogen-bond acceptors (Lipinski definition) is 2. The van der Waals surface area contributed by atoms with Crippen molar-refractivity contribution in [3.8, 4) is 17.0 Å². The van der Waals surface area contributed by atoms with Crippen LogP contribution in [0, 0.1) is 5.92 Å². The van der Waals surface area contributed by atoms with Crippen LogP contribution in [0.2, 0.25) is 0 Å². The maximum Gasteiger partial charge on any atom is 0.118 e. The van der Waals surface area contributed by atoms with Gasteiger partial charge in [0.15, 0.2) is 0 Å². The fourth-order valence-electron chi connectivity index (χ4n) is 3.70. The lowest BCUT2D eigenvalue weighted by Gasteiger charge is -2.25. The van der Waals surface area contributed by atoms with E-state index in [0.717, 1.165) is 29.5 Å². The van der Waals surface area contributed by atoms with Crippen molar-refractivity contribution >= 4 is 0 Å². The zero-order valence-electron chi connectivity index (χ0n) is 15.5. The Balaban J connectivity index is 1.90. The van der Waals surface area contributed by atoms with Crippen molar-refractivity contribution in [2.24, 2.45) is 5.92 Å². The minimum Gasteiger partial charge on any atom is -0.497 e. The van der Waals surface area contributed by atoms with Crippen molar-refractivity contribution in [3.63, 3.8) is 0 Å². The number of nitrogens with zero attached hydrogens (tertiary/aromatic N) is 2. The summed E-state index contributed by atoms with van der Waals surface area (Å²) in [4.78, 5) is 4.99. The highest BCUT2D eigenvalue weighted by Gasteiger charge is 2.24. The van der Waals surface area contributed by atoms with Gasteiger partial charge in [0, 0.05) is 23.7 Å². The van der Waals surface area contributed by atoms with Crippen molar-refractivity contribution in [3.05, 3.63) is 36.3 Å². The van der Waals surface area contributed by atoms with E-state index < -0.39 is 0 Å². The minimum atomic E-state index is 0.0549. The number of ether oxygens (including phenoxy) is 1. The van der Waals surface area contributed by atoms with Gasteiger partial charge in [-0.15, -0.1) is 0 Å². The smallest absolute Gasteiger partial charge is 0.118 e. The van der Waals surface area contributed by atoms with E-state index in [1.165, 1.54) is 37.9 Å². The van der Waals surface area contributed by atoms with Crippen molar-refractivity contribution in [1.82, 2.24) is 9.55 Å². The first-order chi connectivity index (χ1) is 11.5. The fraction of sp³-hybridized carbons (Fsp3) is 0.571. The lowest BCUT2D eigenvalue weighted by molar-refractivity contribution is 0.309. The molecule has 1 aliphatic carbocycles. The molecule has 0 saturated heterocycles. The summed E-state index contributed by atoms with van der Waals surface area (Å²) >= 11 is 0. The van der Waals surface area contributed by atoms with E-state index in [1.807, 2.05) is 12.1 Å². The third-order valence-electron chi connectivity index (χ3n) is 5.01. The second-order valence-electron chi connectivity index (χ2n) is 8.08. The number of methoxy groups -OCH3 is 1. The van der Waals surface area contributed by atoms with Gasteiger partial charge in [-0.25, -0.2) is 4.98 Å². The van der Waals surface area contributed by atoms with Crippen LogP contribution in [0.15, 0.2) is 30.5 Å². The van der Waals surface area contributed by atoms with E-state index >= 15 is 0 Å². The lowest BCUT2D eigenvalue weighted by atomic mass is 9.88. The normalized spacial score (nSPS) is 16.3. The highest BCUT2D eigenvalue weighted by Crippen LogP contribution is 2.31. The molecule has 1 heterocycles. The summed E-state index contributed by atoms with van der Waals surface area (Å²) in [6, 6.07) is 8.20. The average Bonchev–Trinajstić information content (AvgIpc) is 3.00. The standard InChI is InChI=1S/C21H30N2O/c1-21(2,3)20-22-19(17-10-12-18(24-4)13-11-17)15-23(20)14-16-8-6-5-7-9-16/h10-13,15-16H,5-9,14H2,1-4H3. The molecule has 1 aromatic heterocycles. The first kappa shape index (κ1) is 17.1. The van der Waals surface area contributed by atoms with Crippen LogP contribution < -0.4 is 4.74 Å². The van der Waals surface area contributed by atoms with Gasteiger partial charge in [0.25, 0.3) is 0 Å². The molecule has 0 aliphatic heterocycles. The molecular weight excluding hydrogens is 296 g/mol. The van der Waals surface area contributed by atoms with E-state index in [1.54, 1.807) is 7.11 Å². The summed E-state index contributed by atoms with van der Waals surface area (Å²) in [6.45, 7) is 7.87. The quantitative estimate of drug-likeness (QED) is 0.748. The molecule has 3 heteroatoms. The Morgan fingerprint density at radius 1 is 1.08 bits per heavy atom. The number of hydrogen-bond donors (Lipinski definition) is 0. The molecule has 2 aromatic rings. The largest absolute Gasteiger partial charge is 0.497 e. The van der Waals surface area contributed by atoms with Gasteiger partial charge in [0.2, 0.25) is 0 Å². The average molecular weight is 326 g/mol. The molecular formula is C21H30N2O. The molecule has 1 aromatic carbocycles. The molecule has 3 rings (SSSR count). The van der Waals surface area contributed by atoms with Crippen LogP contribution >= 0.6 is 0 Å². The summed E-state index contributed by atoms with van der Waals surface area (Å²) in [7, 11) is 1.70. The van der Waals surface area contributed by atoms with Crippen LogP contribution in [-0.4, -0.2) is 16.7 Å². The third-order valence-corrected chi connectivity index (χ3v) is 5.01. The molecule has 1 saturated carbocycles. The second-order valence-corrected chi connectivity index (χ2v) is 8.08. The molecule has 0 unspecified atom stereocenters. The Hall–Kier alpha value is -1.77. The molecule has 0 atom stereocenters. The van der Waals surface area contributed by atoms with Gasteiger partial charge < -0.3 is 9.30 Å². The van der Waals surface area contributed by atoms with Crippen LogP contribution in [0.3, 0.4) is 0 Å². The first-order valence-corrected chi connectivity index (χ1v) is 9.19. The Morgan fingerprint density at radius 3 is 2.33 bits per heavy atom. The van der Waals surface area contributed by atoms with Crippen molar-refractivity contribution < 1.29 is 4.74 Å². The Kier molecular flexibility index (Phi) is 4.98. The Labute approximate surface area is 146 Å². The molecule has 0 spiro atoms. The third kappa shape index (κ3) is 3.82. The van der Waals surface area contributed by atoms with Gasteiger partial charge in [-0.2, -0.15) is 0 Å². The van der Waals surface area contributed by atoms with Crippen LogP contribution in [0.4, 0.5) is 0 Å². The summed E-state index contributed by atoms with van der Waals surface area (Å²) in [5, 5.41) is 0. The number of benzene rings is 1. The van der Waals surface area contributed by atoms with E-state index in [9.17, 15) is 0 Å². The molecule has 0 N–H and O–H groups in total. The Morgan fingerprint density at radius 2 is 1.75 bits per heavy atom. The zero-order chi connectivity index (χ0) is 17.2. The highest BCUT2D eigenvalue weighted by molar-refractivity contribution is 5.60. The minimum absolute atomic E-state index is 0.0549. The van der Waals surface area contributed by atoms with Gasteiger partial charge in [-0.3, -0.25) is 0 Å². The lowest BCUT2D eigenvalue weighted by Crippen LogP contribution is -2.22. The van der Waals surface area contributed by atoms with E-state index in [4.69, 9.17) is 9.72 Å². The van der Waals surface area contributed by atoms with Gasteiger partial charge in [0.1, 0.15) is 11.6 Å². The molecule has 0 radical (unpaired) electrons.